The van der Waals surface area contributed by atoms with Crippen LogP contribution < -0.4 is 9.62 Å². The van der Waals surface area contributed by atoms with Gasteiger partial charge in [0.1, 0.15) is 5.69 Å². The molecule has 0 atom stereocenters. The Labute approximate surface area is 192 Å². The van der Waals surface area contributed by atoms with E-state index in [1.807, 2.05) is 25.1 Å². The summed E-state index contributed by atoms with van der Waals surface area (Å²) in [4.78, 5) is 6.51. The molecule has 1 aromatic heterocycles. The van der Waals surface area contributed by atoms with Crippen LogP contribution in [-0.2, 0) is 22.9 Å². The Morgan fingerprint density at radius 2 is 1.88 bits per heavy atom. The largest absolute Gasteiger partial charge is 0.516 e. The van der Waals surface area contributed by atoms with E-state index >= 15 is 0 Å². The first-order valence-corrected chi connectivity index (χ1v) is 12.7. The van der Waals surface area contributed by atoms with Crippen molar-refractivity contribution < 1.29 is 21.6 Å². The number of fused-ring (bicyclic) bond motifs is 1. The third kappa shape index (κ3) is 4.05. The van der Waals surface area contributed by atoms with E-state index in [1.54, 1.807) is 10.8 Å². The molecule has 2 aromatic carbocycles. The zero-order valence-electron chi connectivity index (χ0n) is 17.6. The van der Waals surface area contributed by atoms with E-state index in [4.69, 9.17) is 0 Å². The van der Waals surface area contributed by atoms with Gasteiger partial charge in [0.05, 0.1) is 15.9 Å². The molecular formula is C21H20F3N5O2S2. The lowest BCUT2D eigenvalue weighted by atomic mass is 9.90. The standard InChI is InChI=1S/C21H20F3N5O2S2/c1-12-6-7-15-17(10-12)32-20(25-15)27-26-16-11-13-4-2-8-29-9-3-5-14(19(13)29)18(16)28-33(30,31)21(22,23)24/h6-7,10-11,28H,2-5,8-9H2,1H3. The fraction of sp³-hybridized carbons (Fsp3) is 0.381. The number of nitrogens with one attached hydrogen (secondary N) is 1. The number of halogens is 3. The minimum Gasteiger partial charge on any atom is -0.371 e. The van der Waals surface area contributed by atoms with Gasteiger partial charge < -0.3 is 4.90 Å². The number of benzene rings is 2. The van der Waals surface area contributed by atoms with Crippen LogP contribution in [0, 0.1) is 6.92 Å². The Hall–Kier alpha value is -2.73. The second-order valence-electron chi connectivity index (χ2n) is 8.17. The minimum atomic E-state index is -5.62. The Balaban J connectivity index is 1.63. The van der Waals surface area contributed by atoms with E-state index in [2.05, 4.69) is 20.1 Å². The molecule has 174 valence electrons. The summed E-state index contributed by atoms with van der Waals surface area (Å²) >= 11 is 1.31. The van der Waals surface area contributed by atoms with E-state index in [-0.39, 0.29) is 11.4 Å². The van der Waals surface area contributed by atoms with Crippen molar-refractivity contribution >= 4 is 53.8 Å². The number of anilines is 2. The predicted octanol–water partition coefficient (Wildman–Crippen LogP) is 5.98. The van der Waals surface area contributed by atoms with E-state index in [0.717, 1.165) is 53.0 Å². The minimum absolute atomic E-state index is 0.0655. The van der Waals surface area contributed by atoms with Gasteiger partial charge >= 0.3 is 15.5 Å². The van der Waals surface area contributed by atoms with Crippen molar-refractivity contribution in [3.63, 3.8) is 0 Å². The fourth-order valence-corrected chi connectivity index (χ4v) is 5.88. The third-order valence-electron chi connectivity index (χ3n) is 5.82. The molecule has 0 amide bonds. The average molecular weight is 496 g/mol. The van der Waals surface area contributed by atoms with Gasteiger partial charge in [-0.1, -0.05) is 17.4 Å². The smallest absolute Gasteiger partial charge is 0.371 e. The molecule has 1 N–H and O–H groups in total. The molecule has 2 aliphatic rings. The number of alkyl halides is 3. The summed E-state index contributed by atoms with van der Waals surface area (Å²) in [5, 5.41) is 8.69. The second-order valence-corrected chi connectivity index (χ2v) is 10.9. The fourth-order valence-electron chi connectivity index (χ4n) is 4.39. The first-order valence-electron chi connectivity index (χ1n) is 10.4. The molecule has 7 nitrogen and oxygen atoms in total. The van der Waals surface area contributed by atoms with Gasteiger partial charge in [-0.05, 0) is 61.9 Å². The summed E-state index contributed by atoms with van der Waals surface area (Å²) in [6.07, 6.45) is 2.82. The van der Waals surface area contributed by atoms with Gasteiger partial charge in [-0.15, -0.1) is 10.2 Å². The highest BCUT2D eigenvalue weighted by atomic mass is 32.2. The van der Waals surface area contributed by atoms with Gasteiger partial charge in [0.15, 0.2) is 0 Å². The molecule has 0 radical (unpaired) electrons. The maximum atomic E-state index is 13.2. The molecule has 0 bridgehead atoms. The molecule has 12 heteroatoms. The third-order valence-corrected chi connectivity index (χ3v) is 7.81. The lowest BCUT2D eigenvalue weighted by Crippen LogP contribution is -2.36. The molecule has 0 unspecified atom stereocenters. The van der Waals surface area contributed by atoms with Crippen LogP contribution in [0.15, 0.2) is 34.5 Å². The predicted molar refractivity (Wildman–Crippen MR) is 122 cm³/mol. The Morgan fingerprint density at radius 3 is 2.64 bits per heavy atom. The topological polar surface area (TPSA) is 87.0 Å². The molecule has 0 saturated carbocycles. The molecule has 0 spiro atoms. The average Bonchev–Trinajstić information content (AvgIpc) is 3.15. The van der Waals surface area contributed by atoms with E-state index in [9.17, 15) is 21.6 Å². The summed E-state index contributed by atoms with van der Waals surface area (Å²) in [5.74, 6) is 0. The highest BCUT2D eigenvalue weighted by Gasteiger charge is 2.47. The SMILES string of the molecule is Cc1ccc2nc(N=Nc3cc4c5c(c3NS(=O)(=O)C(F)(F)F)CCCN5CCC4)sc2c1. The molecule has 0 fully saturated rings. The monoisotopic (exact) mass is 495 g/mol. The number of hydrogen-bond acceptors (Lipinski definition) is 7. The molecule has 33 heavy (non-hydrogen) atoms. The summed E-state index contributed by atoms with van der Waals surface area (Å²) in [5.41, 5.74) is -1.41. The number of hydrogen-bond donors (Lipinski definition) is 1. The molecule has 0 aliphatic carbocycles. The van der Waals surface area contributed by atoms with Crippen LogP contribution in [0.2, 0.25) is 0 Å². The van der Waals surface area contributed by atoms with Crippen LogP contribution in [0.4, 0.5) is 35.4 Å². The number of sulfonamides is 1. The summed E-state index contributed by atoms with van der Waals surface area (Å²) in [7, 11) is -5.62. The molecular weight excluding hydrogens is 475 g/mol. The van der Waals surface area contributed by atoms with E-state index in [0.29, 0.717) is 23.5 Å². The first-order chi connectivity index (χ1) is 15.6. The van der Waals surface area contributed by atoms with Crippen molar-refractivity contribution in [2.75, 3.05) is 22.7 Å². The molecule has 2 aliphatic heterocycles. The van der Waals surface area contributed by atoms with Gasteiger partial charge in [-0.3, -0.25) is 4.72 Å². The highest BCUT2D eigenvalue weighted by molar-refractivity contribution is 7.93. The quantitative estimate of drug-likeness (QED) is 0.451. The van der Waals surface area contributed by atoms with Crippen molar-refractivity contribution in [1.82, 2.24) is 4.98 Å². The number of nitrogens with zero attached hydrogens (tertiary/aromatic N) is 4. The van der Waals surface area contributed by atoms with Gasteiger partial charge in [-0.25, -0.2) is 4.98 Å². The van der Waals surface area contributed by atoms with Crippen molar-refractivity contribution in [2.45, 2.75) is 38.1 Å². The van der Waals surface area contributed by atoms with Crippen LogP contribution >= 0.6 is 11.3 Å². The van der Waals surface area contributed by atoms with E-state index < -0.39 is 15.5 Å². The molecule has 3 heterocycles. The number of thiazole rings is 1. The second kappa shape index (κ2) is 7.94. The number of rotatable bonds is 4. The normalized spacial score (nSPS) is 16.4. The number of azo groups is 1. The van der Waals surface area contributed by atoms with Crippen molar-refractivity contribution in [3.05, 3.63) is 41.0 Å². The van der Waals surface area contributed by atoms with Gasteiger partial charge in [0, 0.05) is 24.3 Å². The van der Waals surface area contributed by atoms with Crippen LogP contribution in [0.5, 0.6) is 0 Å². The van der Waals surface area contributed by atoms with Crippen molar-refractivity contribution in [3.8, 4) is 0 Å². The maximum Gasteiger partial charge on any atom is 0.516 e. The van der Waals surface area contributed by atoms with Crippen LogP contribution in [0.1, 0.15) is 29.5 Å². The van der Waals surface area contributed by atoms with Gasteiger partial charge in [0.2, 0.25) is 5.13 Å². The van der Waals surface area contributed by atoms with Crippen LogP contribution in [0.25, 0.3) is 10.2 Å². The zero-order valence-corrected chi connectivity index (χ0v) is 19.2. The first kappa shape index (κ1) is 22.1. The number of aromatic nitrogens is 1. The van der Waals surface area contributed by atoms with Gasteiger partial charge in [-0.2, -0.15) is 21.6 Å². The maximum absolute atomic E-state index is 13.2. The Kier molecular flexibility index (Phi) is 5.31. The highest BCUT2D eigenvalue weighted by Crippen LogP contribution is 2.46. The lowest BCUT2D eigenvalue weighted by Gasteiger charge is -2.38. The van der Waals surface area contributed by atoms with Crippen molar-refractivity contribution in [1.29, 1.82) is 0 Å². The van der Waals surface area contributed by atoms with E-state index in [1.165, 1.54) is 11.3 Å². The lowest BCUT2D eigenvalue weighted by molar-refractivity contribution is -0.0429. The molecule has 5 rings (SSSR count). The molecule has 0 saturated heterocycles. The number of aryl methyl sites for hydroxylation is 2. The van der Waals surface area contributed by atoms with Crippen LogP contribution in [-0.4, -0.2) is 32.0 Å². The molecule has 3 aromatic rings. The Bertz CT molecular complexity index is 1380. The summed E-state index contributed by atoms with van der Waals surface area (Å²) in [6, 6.07) is 7.39. The Morgan fingerprint density at radius 1 is 1.12 bits per heavy atom. The zero-order chi connectivity index (χ0) is 23.4. The van der Waals surface area contributed by atoms with Gasteiger partial charge in [0.25, 0.3) is 0 Å². The summed E-state index contributed by atoms with van der Waals surface area (Å²) in [6.45, 7) is 3.54. The van der Waals surface area contributed by atoms with Crippen molar-refractivity contribution in [2.24, 2.45) is 10.2 Å². The summed E-state index contributed by atoms with van der Waals surface area (Å²) < 4.78 is 66.3. The van der Waals surface area contributed by atoms with Crippen LogP contribution in [0.3, 0.4) is 0 Å².